The van der Waals surface area contributed by atoms with Gasteiger partial charge in [-0.3, -0.25) is 14.0 Å². The van der Waals surface area contributed by atoms with E-state index < -0.39 is 0 Å². The fraction of sp³-hybridized carbons (Fsp3) is 0.500. The first-order valence-corrected chi connectivity index (χ1v) is 14.4. The first-order valence-electron chi connectivity index (χ1n) is 14.4. The van der Waals surface area contributed by atoms with Crippen molar-refractivity contribution in [3.8, 4) is 5.69 Å². The molecule has 1 aliphatic heterocycles. The van der Waals surface area contributed by atoms with Gasteiger partial charge in [0.25, 0.3) is 0 Å². The minimum Gasteiger partial charge on any atom is -0.465 e. The molecule has 5 rings (SSSR count). The maximum atomic E-state index is 13.2. The first kappa shape index (κ1) is 26.5. The molecule has 1 aliphatic carbocycles. The average molecular weight is 516 g/mol. The van der Waals surface area contributed by atoms with Crippen molar-refractivity contribution in [1.82, 2.24) is 14.0 Å². The first-order chi connectivity index (χ1) is 18.6. The summed E-state index contributed by atoms with van der Waals surface area (Å²) < 4.78 is 9.12. The Bertz CT molecular complexity index is 1230. The normalized spacial score (nSPS) is 19.2. The van der Waals surface area contributed by atoms with Gasteiger partial charge in [-0.05, 0) is 87.7 Å². The zero-order chi connectivity index (χ0) is 26.5. The molecular formula is C32H41N3O3. The summed E-state index contributed by atoms with van der Waals surface area (Å²) in [7, 11) is 0. The number of benzene rings is 2. The summed E-state index contributed by atoms with van der Waals surface area (Å²) in [6, 6.07) is 18.3. The summed E-state index contributed by atoms with van der Waals surface area (Å²) >= 11 is 0. The molecule has 2 fully saturated rings. The molecule has 0 spiro atoms. The molecule has 0 bridgehead atoms. The third-order valence-corrected chi connectivity index (χ3v) is 8.74. The molecule has 0 N–H and O–H groups in total. The largest absolute Gasteiger partial charge is 0.465 e. The molecule has 202 valence electrons. The van der Waals surface area contributed by atoms with Gasteiger partial charge in [-0.15, -0.1) is 0 Å². The van der Waals surface area contributed by atoms with Crippen LogP contribution in [0, 0.1) is 5.92 Å². The third kappa shape index (κ3) is 5.65. The number of imidazole rings is 1. The standard InChI is InChI=1S/C32H41N3O3/c1-3-38-31(36)30(28-12-8-5-9-13-28)33-20-18-27(19-21-33)26-14-16-29(17-15-26)35-23-22-34(32(35)37)24(2)25-10-6-4-7-11-25/h5,8-9,12-17,22-25,27,30H,3-4,6-7,10-11,18-21H2,1-2H3/t24-,30?/m0/s1. The van der Waals surface area contributed by atoms with Gasteiger partial charge in [0.2, 0.25) is 0 Å². The SMILES string of the molecule is CCOC(=O)C(c1ccccc1)N1CCC(c2ccc(-n3ccn([C@@H](C)C4CCCCC4)c3=O)cc2)CC1. The van der Waals surface area contributed by atoms with Crippen LogP contribution in [0.4, 0.5) is 0 Å². The lowest BCUT2D eigenvalue weighted by Crippen LogP contribution is -2.40. The number of hydrogen-bond donors (Lipinski definition) is 0. The summed E-state index contributed by atoms with van der Waals surface area (Å²) in [5, 5.41) is 0. The van der Waals surface area contributed by atoms with E-state index in [0.717, 1.165) is 37.2 Å². The molecule has 38 heavy (non-hydrogen) atoms. The zero-order valence-corrected chi connectivity index (χ0v) is 22.8. The van der Waals surface area contributed by atoms with Crippen molar-refractivity contribution in [2.24, 2.45) is 5.92 Å². The van der Waals surface area contributed by atoms with E-state index in [4.69, 9.17) is 4.74 Å². The summed E-state index contributed by atoms with van der Waals surface area (Å²) in [6.45, 7) is 6.12. The maximum Gasteiger partial charge on any atom is 0.332 e. The summed E-state index contributed by atoms with van der Waals surface area (Å²) in [4.78, 5) is 28.3. The van der Waals surface area contributed by atoms with Gasteiger partial charge in [0.1, 0.15) is 6.04 Å². The second-order valence-corrected chi connectivity index (χ2v) is 11.0. The summed E-state index contributed by atoms with van der Waals surface area (Å²) in [6.07, 6.45) is 12.2. The predicted octanol–water partition coefficient (Wildman–Crippen LogP) is 6.26. The maximum absolute atomic E-state index is 13.2. The van der Waals surface area contributed by atoms with Crippen LogP contribution in [0.5, 0.6) is 0 Å². The number of carbonyl (C=O) groups is 1. The smallest absolute Gasteiger partial charge is 0.332 e. The molecule has 1 aromatic heterocycles. The molecule has 0 amide bonds. The van der Waals surface area contributed by atoms with Gasteiger partial charge in [-0.1, -0.05) is 61.7 Å². The lowest BCUT2D eigenvalue weighted by molar-refractivity contribution is -0.150. The number of rotatable bonds is 8. The van der Waals surface area contributed by atoms with Crippen molar-refractivity contribution in [3.05, 3.63) is 88.6 Å². The lowest BCUT2D eigenvalue weighted by atomic mass is 9.84. The Labute approximate surface area is 226 Å². The monoisotopic (exact) mass is 515 g/mol. The van der Waals surface area contributed by atoms with Crippen LogP contribution in [-0.2, 0) is 9.53 Å². The average Bonchev–Trinajstić information content (AvgIpc) is 3.35. The van der Waals surface area contributed by atoms with E-state index in [2.05, 4.69) is 36.1 Å². The Hall–Kier alpha value is -3.12. The van der Waals surface area contributed by atoms with E-state index >= 15 is 0 Å². The second-order valence-electron chi connectivity index (χ2n) is 11.0. The van der Waals surface area contributed by atoms with Gasteiger partial charge >= 0.3 is 11.7 Å². The van der Waals surface area contributed by atoms with Crippen LogP contribution in [0.15, 0.2) is 71.8 Å². The highest BCUT2D eigenvalue weighted by atomic mass is 16.5. The molecule has 1 saturated carbocycles. The lowest BCUT2D eigenvalue weighted by Gasteiger charge is -2.36. The van der Waals surface area contributed by atoms with Crippen molar-refractivity contribution in [1.29, 1.82) is 0 Å². The van der Waals surface area contributed by atoms with Crippen molar-refractivity contribution in [2.75, 3.05) is 19.7 Å². The predicted molar refractivity (Wildman–Crippen MR) is 151 cm³/mol. The number of likely N-dealkylation sites (tertiary alicyclic amines) is 1. The van der Waals surface area contributed by atoms with Gasteiger partial charge in [-0.2, -0.15) is 0 Å². The molecule has 1 unspecified atom stereocenters. The number of esters is 1. The number of carbonyl (C=O) groups excluding carboxylic acids is 1. The number of piperidine rings is 1. The van der Waals surface area contributed by atoms with Crippen LogP contribution in [0.25, 0.3) is 5.69 Å². The summed E-state index contributed by atoms with van der Waals surface area (Å²) in [5.74, 6) is 0.860. The van der Waals surface area contributed by atoms with Gasteiger partial charge in [-0.25, -0.2) is 9.59 Å². The quantitative estimate of drug-likeness (QED) is 0.332. The highest BCUT2D eigenvalue weighted by molar-refractivity contribution is 5.77. The fourth-order valence-corrected chi connectivity index (χ4v) is 6.49. The van der Waals surface area contributed by atoms with E-state index in [1.165, 1.54) is 37.7 Å². The van der Waals surface area contributed by atoms with Gasteiger partial charge < -0.3 is 4.74 Å². The fourth-order valence-electron chi connectivity index (χ4n) is 6.49. The highest BCUT2D eigenvalue weighted by Gasteiger charge is 2.32. The van der Waals surface area contributed by atoms with Crippen LogP contribution >= 0.6 is 0 Å². The molecule has 3 aromatic rings. The third-order valence-electron chi connectivity index (χ3n) is 8.74. The van der Waals surface area contributed by atoms with E-state index in [-0.39, 0.29) is 23.7 Å². The molecule has 2 aliphatic rings. The van der Waals surface area contributed by atoms with Crippen LogP contribution in [0.1, 0.15) is 87.9 Å². The van der Waals surface area contributed by atoms with Gasteiger partial charge in [0, 0.05) is 18.4 Å². The Morgan fingerprint density at radius 2 is 1.61 bits per heavy atom. The summed E-state index contributed by atoms with van der Waals surface area (Å²) in [5.41, 5.74) is 3.25. The van der Waals surface area contributed by atoms with Gasteiger partial charge in [0.05, 0.1) is 12.3 Å². The van der Waals surface area contributed by atoms with Crippen molar-refractivity contribution in [2.45, 2.75) is 76.8 Å². The van der Waals surface area contributed by atoms with E-state index in [0.29, 0.717) is 18.4 Å². The Balaban J connectivity index is 1.24. The van der Waals surface area contributed by atoms with Crippen molar-refractivity contribution >= 4 is 5.97 Å². The van der Waals surface area contributed by atoms with Crippen LogP contribution in [0.3, 0.4) is 0 Å². The van der Waals surface area contributed by atoms with Crippen LogP contribution in [0.2, 0.25) is 0 Å². The van der Waals surface area contributed by atoms with E-state index in [9.17, 15) is 9.59 Å². The van der Waals surface area contributed by atoms with Crippen molar-refractivity contribution < 1.29 is 9.53 Å². The highest BCUT2D eigenvalue weighted by Crippen LogP contribution is 2.34. The Kier molecular flexibility index (Phi) is 8.48. The topological polar surface area (TPSA) is 56.5 Å². The van der Waals surface area contributed by atoms with E-state index in [1.807, 2.05) is 54.2 Å². The molecule has 2 atom stereocenters. The van der Waals surface area contributed by atoms with Gasteiger partial charge in [0.15, 0.2) is 0 Å². The zero-order valence-electron chi connectivity index (χ0n) is 22.8. The molecule has 1 saturated heterocycles. The van der Waals surface area contributed by atoms with Crippen LogP contribution < -0.4 is 5.69 Å². The van der Waals surface area contributed by atoms with E-state index in [1.54, 1.807) is 4.57 Å². The Morgan fingerprint density at radius 3 is 2.26 bits per heavy atom. The molecule has 0 radical (unpaired) electrons. The van der Waals surface area contributed by atoms with Crippen LogP contribution in [-0.4, -0.2) is 39.7 Å². The van der Waals surface area contributed by atoms with Crippen molar-refractivity contribution in [3.63, 3.8) is 0 Å². The number of aromatic nitrogens is 2. The molecule has 2 aromatic carbocycles. The Morgan fingerprint density at radius 1 is 0.921 bits per heavy atom. The molecule has 6 heteroatoms. The number of ether oxygens (including phenoxy) is 1. The number of hydrogen-bond acceptors (Lipinski definition) is 4. The molecule has 6 nitrogen and oxygen atoms in total. The molecule has 2 heterocycles. The molecular weight excluding hydrogens is 474 g/mol. The second kappa shape index (κ2) is 12.2. The minimum absolute atomic E-state index is 0.0510. The number of nitrogens with zero attached hydrogens (tertiary/aromatic N) is 3. The minimum atomic E-state index is -0.355.